The lowest BCUT2D eigenvalue weighted by molar-refractivity contribution is 0.282. The number of nitrogens with two attached hydrogens (primary N) is 1. The summed E-state index contributed by atoms with van der Waals surface area (Å²) in [6, 6.07) is 2.10. The van der Waals surface area contributed by atoms with Gasteiger partial charge in [-0.05, 0) is 31.1 Å². The minimum absolute atomic E-state index is 0.573. The molecule has 1 heterocycles. The van der Waals surface area contributed by atoms with Crippen molar-refractivity contribution in [1.29, 1.82) is 0 Å². The van der Waals surface area contributed by atoms with Gasteiger partial charge in [0.05, 0.1) is 0 Å². The molecular formula is C10H19N3. The van der Waals surface area contributed by atoms with E-state index in [1.54, 1.807) is 0 Å². The lowest BCUT2D eigenvalue weighted by Crippen LogP contribution is -2.27. The Labute approximate surface area is 79.9 Å². The number of hydrogen-bond acceptors (Lipinski definition) is 2. The predicted molar refractivity (Wildman–Crippen MR) is 55.3 cm³/mol. The second-order valence-corrected chi connectivity index (χ2v) is 3.76. The van der Waals surface area contributed by atoms with Crippen LogP contribution in [0.15, 0.2) is 18.5 Å². The second kappa shape index (κ2) is 5.04. The van der Waals surface area contributed by atoms with E-state index in [0.717, 1.165) is 19.6 Å². The number of nitrogens with zero attached hydrogens (tertiary/aromatic N) is 1. The van der Waals surface area contributed by atoms with Crippen LogP contribution in [0.4, 0.5) is 0 Å². The normalized spacial score (nSPS) is 13.5. The molecule has 1 atom stereocenters. The first-order valence-corrected chi connectivity index (χ1v) is 4.72. The molecule has 0 aliphatic heterocycles. The molecule has 0 saturated heterocycles. The van der Waals surface area contributed by atoms with E-state index in [9.17, 15) is 0 Å². The largest absolute Gasteiger partial charge is 0.367 e. The van der Waals surface area contributed by atoms with Crippen LogP contribution in [0.2, 0.25) is 0 Å². The Morgan fingerprint density at radius 2 is 2.38 bits per heavy atom. The first-order valence-electron chi connectivity index (χ1n) is 4.72. The van der Waals surface area contributed by atoms with Crippen LogP contribution in [0.25, 0.3) is 0 Å². The zero-order chi connectivity index (χ0) is 9.68. The van der Waals surface area contributed by atoms with Gasteiger partial charge in [-0.1, -0.05) is 6.92 Å². The Morgan fingerprint density at radius 1 is 1.62 bits per heavy atom. The van der Waals surface area contributed by atoms with Crippen molar-refractivity contribution in [1.82, 2.24) is 9.88 Å². The topological polar surface area (TPSA) is 45.0 Å². The highest BCUT2D eigenvalue weighted by atomic mass is 15.1. The maximum atomic E-state index is 5.56. The molecule has 3 heteroatoms. The van der Waals surface area contributed by atoms with E-state index in [0.29, 0.717) is 5.92 Å². The van der Waals surface area contributed by atoms with Crippen LogP contribution in [-0.2, 0) is 6.54 Å². The number of nitrogens with one attached hydrogen (secondary N) is 1. The van der Waals surface area contributed by atoms with Crippen LogP contribution in [0.1, 0.15) is 12.5 Å². The number of aromatic amines is 1. The molecule has 0 amide bonds. The van der Waals surface area contributed by atoms with E-state index < -0.39 is 0 Å². The monoisotopic (exact) mass is 181 g/mol. The van der Waals surface area contributed by atoms with Gasteiger partial charge in [0.1, 0.15) is 0 Å². The van der Waals surface area contributed by atoms with Crippen LogP contribution in [0.5, 0.6) is 0 Å². The number of hydrogen-bond donors (Lipinski definition) is 2. The first kappa shape index (κ1) is 10.3. The van der Waals surface area contributed by atoms with Crippen molar-refractivity contribution in [2.24, 2.45) is 11.7 Å². The number of aromatic nitrogens is 1. The third kappa shape index (κ3) is 3.61. The van der Waals surface area contributed by atoms with Gasteiger partial charge in [0.25, 0.3) is 0 Å². The lowest BCUT2D eigenvalue weighted by Gasteiger charge is -2.19. The Kier molecular flexibility index (Phi) is 3.99. The highest BCUT2D eigenvalue weighted by molar-refractivity contribution is 5.07. The Bertz CT molecular complexity index is 218. The van der Waals surface area contributed by atoms with E-state index >= 15 is 0 Å². The molecule has 74 valence electrons. The summed E-state index contributed by atoms with van der Waals surface area (Å²) in [5.41, 5.74) is 6.89. The molecule has 0 radical (unpaired) electrons. The summed E-state index contributed by atoms with van der Waals surface area (Å²) in [5.74, 6) is 0.573. The zero-order valence-electron chi connectivity index (χ0n) is 8.46. The predicted octanol–water partition coefficient (Wildman–Crippen LogP) is 1.04. The lowest BCUT2D eigenvalue weighted by atomic mass is 10.1. The number of H-pyrrole nitrogens is 1. The standard InChI is InChI=1S/C10H19N3/c1-9(5-11)7-13(2)8-10-3-4-12-6-10/h3-4,6,9,12H,5,7-8,11H2,1-2H3. The van der Waals surface area contributed by atoms with Gasteiger partial charge in [0, 0.05) is 25.5 Å². The van der Waals surface area contributed by atoms with E-state index in [1.807, 2.05) is 12.4 Å². The molecule has 0 aliphatic rings. The third-order valence-corrected chi connectivity index (χ3v) is 2.14. The van der Waals surface area contributed by atoms with Gasteiger partial charge < -0.3 is 15.6 Å². The van der Waals surface area contributed by atoms with Crippen LogP contribution in [0.3, 0.4) is 0 Å². The minimum Gasteiger partial charge on any atom is -0.367 e. The molecule has 0 aromatic carbocycles. The van der Waals surface area contributed by atoms with Gasteiger partial charge in [0.15, 0.2) is 0 Å². The van der Waals surface area contributed by atoms with E-state index in [4.69, 9.17) is 5.73 Å². The molecule has 3 nitrogen and oxygen atoms in total. The summed E-state index contributed by atoms with van der Waals surface area (Å²) in [7, 11) is 2.12. The molecule has 13 heavy (non-hydrogen) atoms. The van der Waals surface area contributed by atoms with Crippen LogP contribution in [-0.4, -0.2) is 30.0 Å². The Hall–Kier alpha value is -0.800. The molecule has 0 spiro atoms. The van der Waals surface area contributed by atoms with Gasteiger partial charge in [-0.2, -0.15) is 0 Å². The van der Waals surface area contributed by atoms with Crippen molar-refractivity contribution in [3.8, 4) is 0 Å². The summed E-state index contributed by atoms with van der Waals surface area (Å²) >= 11 is 0. The SMILES string of the molecule is CC(CN)CN(C)Cc1cc[nH]c1. The van der Waals surface area contributed by atoms with Crippen molar-refractivity contribution in [2.75, 3.05) is 20.1 Å². The zero-order valence-corrected chi connectivity index (χ0v) is 8.46. The molecule has 0 saturated carbocycles. The maximum absolute atomic E-state index is 5.56. The molecule has 0 bridgehead atoms. The Morgan fingerprint density at radius 3 is 2.92 bits per heavy atom. The molecule has 1 rings (SSSR count). The van der Waals surface area contributed by atoms with Crippen molar-refractivity contribution in [3.05, 3.63) is 24.0 Å². The molecule has 1 aromatic rings. The first-order chi connectivity index (χ1) is 6.22. The van der Waals surface area contributed by atoms with Gasteiger partial charge in [-0.25, -0.2) is 0 Å². The van der Waals surface area contributed by atoms with Crippen molar-refractivity contribution in [2.45, 2.75) is 13.5 Å². The summed E-state index contributed by atoms with van der Waals surface area (Å²) in [6.07, 6.45) is 3.99. The average molecular weight is 181 g/mol. The summed E-state index contributed by atoms with van der Waals surface area (Å²) in [6.45, 7) is 4.99. The average Bonchev–Trinajstić information content (AvgIpc) is 2.56. The maximum Gasteiger partial charge on any atom is 0.0245 e. The second-order valence-electron chi connectivity index (χ2n) is 3.76. The van der Waals surface area contributed by atoms with E-state index in [2.05, 4.69) is 29.9 Å². The van der Waals surface area contributed by atoms with Crippen LogP contribution in [0, 0.1) is 5.92 Å². The summed E-state index contributed by atoms with van der Waals surface area (Å²) in [4.78, 5) is 5.34. The molecule has 0 aliphatic carbocycles. The van der Waals surface area contributed by atoms with Gasteiger partial charge >= 0.3 is 0 Å². The highest BCUT2D eigenvalue weighted by Crippen LogP contribution is 2.03. The molecule has 0 fully saturated rings. The molecular weight excluding hydrogens is 162 g/mol. The third-order valence-electron chi connectivity index (χ3n) is 2.14. The molecule has 1 aromatic heterocycles. The van der Waals surface area contributed by atoms with Gasteiger partial charge in [-0.3, -0.25) is 0 Å². The van der Waals surface area contributed by atoms with Crippen LogP contribution >= 0.6 is 0 Å². The summed E-state index contributed by atoms with van der Waals surface area (Å²) in [5, 5.41) is 0. The smallest absolute Gasteiger partial charge is 0.0245 e. The van der Waals surface area contributed by atoms with E-state index in [-0.39, 0.29) is 0 Å². The van der Waals surface area contributed by atoms with Crippen molar-refractivity contribution >= 4 is 0 Å². The fraction of sp³-hybridized carbons (Fsp3) is 0.600. The number of rotatable bonds is 5. The Balaban J connectivity index is 2.29. The van der Waals surface area contributed by atoms with Crippen molar-refractivity contribution < 1.29 is 0 Å². The van der Waals surface area contributed by atoms with Gasteiger partial charge in [-0.15, -0.1) is 0 Å². The highest BCUT2D eigenvalue weighted by Gasteiger charge is 2.04. The van der Waals surface area contributed by atoms with Crippen molar-refractivity contribution in [3.63, 3.8) is 0 Å². The van der Waals surface area contributed by atoms with Crippen LogP contribution < -0.4 is 5.73 Å². The molecule has 1 unspecified atom stereocenters. The molecule has 3 N–H and O–H groups in total. The van der Waals surface area contributed by atoms with Gasteiger partial charge in [0.2, 0.25) is 0 Å². The quantitative estimate of drug-likeness (QED) is 0.713. The summed E-state index contributed by atoms with van der Waals surface area (Å²) < 4.78 is 0. The fourth-order valence-corrected chi connectivity index (χ4v) is 1.44. The fourth-order valence-electron chi connectivity index (χ4n) is 1.44. The minimum atomic E-state index is 0.573. The van der Waals surface area contributed by atoms with E-state index in [1.165, 1.54) is 5.56 Å².